The molecule has 4 atom stereocenters. The van der Waals surface area contributed by atoms with E-state index in [-0.39, 0.29) is 25.0 Å². The zero-order valence-corrected chi connectivity index (χ0v) is 23.8. The third kappa shape index (κ3) is 11.9. The number of carboxylic acid groups (broad SMARTS) is 1. The van der Waals surface area contributed by atoms with Crippen LogP contribution in [0.5, 0.6) is 5.75 Å². The van der Waals surface area contributed by atoms with Gasteiger partial charge in [0.25, 0.3) is 0 Å². The third-order valence-electron chi connectivity index (χ3n) is 6.06. The smallest absolute Gasteiger partial charge is 0.326 e. The van der Waals surface area contributed by atoms with Gasteiger partial charge in [-0.3, -0.25) is 19.2 Å². The molecule has 0 saturated carbocycles. The number of carbonyl (C=O) groups excluding carboxylic acids is 4. The lowest BCUT2D eigenvalue weighted by molar-refractivity contribution is -0.142. The molecule has 2 aromatic rings. The molecule has 222 valence electrons. The summed E-state index contributed by atoms with van der Waals surface area (Å²) in [4.78, 5) is 62.2. The molecule has 0 heterocycles. The first-order chi connectivity index (χ1) is 19.5. The van der Waals surface area contributed by atoms with Crippen LogP contribution in [0.4, 0.5) is 0 Å². The Morgan fingerprint density at radius 1 is 0.829 bits per heavy atom. The molecule has 41 heavy (non-hydrogen) atoms. The van der Waals surface area contributed by atoms with E-state index in [0.717, 1.165) is 11.1 Å². The lowest BCUT2D eigenvalue weighted by atomic mass is 10.0. The van der Waals surface area contributed by atoms with E-state index in [4.69, 9.17) is 5.73 Å². The largest absolute Gasteiger partial charge is 0.508 e. The normalized spacial score (nSPS) is 13.6. The highest BCUT2D eigenvalue weighted by Gasteiger charge is 2.27. The van der Waals surface area contributed by atoms with Crippen LogP contribution in [0.15, 0.2) is 54.6 Å². The Kier molecular flexibility index (Phi) is 13.6. The minimum Gasteiger partial charge on any atom is -0.508 e. The second-order valence-corrected chi connectivity index (χ2v) is 10.4. The minimum absolute atomic E-state index is 0.0868. The number of amides is 4. The molecule has 4 amide bonds. The molecule has 0 saturated heterocycles. The van der Waals surface area contributed by atoms with Gasteiger partial charge in [0.05, 0.1) is 12.6 Å². The van der Waals surface area contributed by atoms with Crippen molar-refractivity contribution in [3.05, 3.63) is 65.7 Å². The molecule has 12 nitrogen and oxygen atoms in total. The van der Waals surface area contributed by atoms with E-state index in [1.54, 1.807) is 42.5 Å². The van der Waals surface area contributed by atoms with Crippen molar-refractivity contribution in [2.24, 2.45) is 5.73 Å². The molecule has 2 aromatic carbocycles. The van der Waals surface area contributed by atoms with Crippen LogP contribution in [0.2, 0.25) is 0 Å². The number of rotatable bonds is 16. The monoisotopic (exact) mass is 587 g/mol. The summed E-state index contributed by atoms with van der Waals surface area (Å²) in [6.07, 6.45) is 2.33. The van der Waals surface area contributed by atoms with Gasteiger partial charge in [0, 0.05) is 6.42 Å². The van der Waals surface area contributed by atoms with Crippen molar-refractivity contribution in [3.8, 4) is 5.75 Å². The Bertz CT molecular complexity index is 1180. The lowest BCUT2D eigenvalue weighted by Gasteiger charge is -2.22. The van der Waals surface area contributed by atoms with E-state index in [2.05, 4.69) is 21.3 Å². The first-order valence-electron chi connectivity index (χ1n) is 13.0. The zero-order valence-electron chi connectivity index (χ0n) is 23.0. The highest BCUT2D eigenvalue weighted by molar-refractivity contribution is 7.98. The van der Waals surface area contributed by atoms with Crippen molar-refractivity contribution in [1.82, 2.24) is 21.3 Å². The molecule has 0 radical (unpaired) electrons. The summed E-state index contributed by atoms with van der Waals surface area (Å²) in [5, 5.41) is 28.8. The van der Waals surface area contributed by atoms with Crippen molar-refractivity contribution in [1.29, 1.82) is 0 Å². The van der Waals surface area contributed by atoms with Crippen molar-refractivity contribution >= 4 is 41.4 Å². The highest BCUT2D eigenvalue weighted by Crippen LogP contribution is 2.11. The molecule has 0 unspecified atom stereocenters. The van der Waals surface area contributed by atoms with Gasteiger partial charge in [-0.25, -0.2) is 4.79 Å². The third-order valence-corrected chi connectivity index (χ3v) is 6.71. The van der Waals surface area contributed by atoms with Gasteiger partial charge in [-0.1, -0.05) is 42.5 Å². The number of nitrogens with one attached hydrogen (secondary N) is 4. The number of aliphatic carboxylic acids is 1. The van der Waals surface area contributed by atoms with Crippen LogP contribution in [0, 0.1) is 0 Å². The maximum atomic E-state index is 13.0. The predicted octanol–water partition coefficient (Wildman–Crippen LogP) is -0.0671. The van der Waals surface area contributed by atoms with Gasteiger partial charge < -0.3 is 37.2 Å². The number of phenols is 1. The van der Waals surface area contributed by atoms with E-state index in [0.29, 0.717) is 5.75 Å². The average Bonchev–Trinajstić information content (AvgIpc) is 2.94. The molecule has 13 heteroatoms. The molecule has 2 rings (SSSR count). The molecule has 0 spiro atoms. The summed E-state index contributed by atoms with van der Waals surface area (Å²) in [7, 11) is 0. The van der Waals surface area contributed by atoms with Crippen LogP contribution in [0.1, 0.15) is 24.5 Å². The molecule has 0 aromatic heterocycles. The van der Waals surface area contributed by atoms with Crippen LogP contribution >= 0.6 is 11.8 Å². The van der Waals surface area contributed by atoms with Crippen LogP contribution in [0.3, 0.4) is 0 Å². The van der Waals surface area contributed by atoms with Gasteiger partial charge in [-0.2, -0.15) is 11.8 Å². The summed E-state index contributed by atoms with van der Waals surface area (Å²) in [5.41, 5.74) is 7.41. The summed E-state index contributed by atoms with van der Waals surface area (Å²) >= 11 is 1.45. The van der Waals surface area contributed by atoms with Crippen molar-refractivity contribution in [3.63, 3.8) is 0 Å². The number of benzene rings is 2. The number of phenolic OH excluding ortho intramolecular Hbond substituents is 1. The molecule has 0 fully saturated rings. The fourth-order valence-electron chi connectivity index (χ4n) is 3.75. The van der Waals surface area contributed by atoms with Crippen LogP contribution in [-0.2, 0) is 36.8 Å². The van der Waals surface area contributed by atoms with Crippen molar-refractivity contribution in [2.45, 2.75) is 50.4 Å². The van der Waals surface area contributed by atoms with Gasteiger partial charge in [-0.05, 0) is 55.0 Å². The number of carboxylic acids is 1. The number of hydrogen-bond acceptors (Lipinski definition) is 8. The molecule has 0 aliphatic rings. The fourth-order valence-corrected chi connectivity index (χ4v) is 4.23. The van der Waals surface area contributed by atoms with Gasteiger partial charge in [0.2, 0.25) is 23.6 Å². The second-order valence-electron chi connectivity index (χ2n) is 9.42. The average molecular weight is 588 g/mol. The summed E-state index contributed by atoms with van der Waals surface area (Å²) in [5.74, 6) is -3.11. The van der Waals surface area contributed by atoms with Crippen molar-refractivity contribution in [2.75, 3.05) is 18.6 Å². The number of aromatic hydroxyl groups is 1. The number of nitrogens with two attached hydrogens (primary N) is 1. The van der Waals surface area contributed by atoms with Gasteiger partial charge >= 0.3 is 5.97 Å². The molecule has 0 aliphatic heterocycles. The van der Waals surface area contributed by atoms with E-state index >= 15 is 0 Å². The quantitative estimate of drug-likeness (QED) is 0.140. The highest BCUT2D eigenvalue weighted by atomic mass is 32.2. The molecular weight excluding hydrogens is 550 g/mol. The van der Waals surface area contributed by atoms with Gasteiger partial charge in [-0.15, -0.1) is 0 Å². The fraction of sp³-hybridized carbons (Fsp3) is 0.393. The van der Waals surface area contributed by atoms with Crippen molar-refractivity contribution < 1.29 is 34.2 Å². The number of thioether (sulfide) groups is 1. The minimum atomic E-state index is -1.18. The standard InChI is InChI=1S/C28H37N5O7S/c1-17(31-26(37)21(29)14-19-8-10-20(34)11-9-19)25(36)30-16-24(35)32-23(15-18-6-4-3-5-7-18)27(38)33-22(28(39)40)12-13-41-2/h3-11,17,21-23,34H,12-16,29H2,1-2H3,(H,30,36)(H,31,37)(H,32,35)(H,33,38)(H,39,40)/t17-,21+,22-,23+/m1/s1. The molecule has 0 aliphatic carbocycles. The molecular formula is C28H37N5O7S. The van der Waals surface area contributed by atoms with Crippen LogP contribution in [0.25, 0.3) is 0 Å². The maximum absolute atomic E-state index is 13.0. The van der Waals surface area contributed by atoms with E-state index < -0.39 is 60.3 Å². The topological polar surface area (TPSA) is 200 Å². The Balaban J connectivity index is 1.93. The Morgan fingerprint density at radius 3 is 2.07 bits per heavy atom. The maximum Gasteiger partial charge on any atom is 0.326 e. The Morgan fingerprint density at radius 2 is 1.46 bits per heavy atom. The Hall–Kier alpha value is -4.10. The lowest BCUT2D eigenvalue weighted by Crippen LogP contribution is -2.55. The second kappa shape index (κ2) is 16.9. The van der Waals surface area contributed by atoms with E-state index in [1.165, 1.54) is 30.8 Å². The van der Waals surface area contributed by atoms with E-state index in [1.807, 2.05) is 6.26 Å². The summed E-state index contributed by atoms with van der Waals surface area (Å²) < 4.78 is 0. The van der Waals surface area contributed by atoms with Crippen LogP contribution < -0.4 is 27.0 Å². The summed E-state index contributed by atoms with van der Waals surface area (Å²) in [6.45, 7) is 0.955. The van der Waals surface area contributed by atoms with Crippen LogP contribution in [-0.4, -0.2) is 82.5 Å². The molecule has 8 N–H and O–H groups in total. The number of hydrogen-bond donors (Lipinski definition) is 7. The molecule has 0 bridgehead atoms. The summed E-state index contributed by atoms with van der Waals surface area (Å²) in [6, 6.07) is 11.0. The Labute approximate surface area is 242 Å². The number of carbonyl (C=O) groups is 5. The van der Waals surface area contributed by atoms with Gasteiger partial charge in [0.1, 0.15) is 23.9 Å². The first kappa shape index (κ1) is 33.1. The van der Waals surface area contributed by atoms with E-state index in [9.17, 15) is 34.2 Å². The predicted molar refractivity (Wildman–Crippen MR) is 155 cm³/mol. The first-order valence-corrected chi connectivity index (χ1v) is 14.4. The SMILES string of the molecule is CSCC[C@@H](NC(=O)[C@H](Cc1ccccc1)NC(=O)CNC(=O)[C@@H](C)NC(=O)[C@@H](N)Cc1ccc(O)cc1)C(=O)O. The zero-order chi connectivity index (χ0) is 30.4. The van der Waals surface area contributed by atoms with Gasteiger partial charge in [0.15, 0.2) is 0 Å².